The fourth-order valence-electron chi connectivity index (χ4n) is 2.51. The van der Waals surface area contributed by atoms with Crippen LogP contribution in [0.3, 0.4) is 0 Å². The zero-order chi connectivity index (χ0) is 20.8. The minimum atomic E-state index is -0.434. The van der Waals surface area contributed by atoms with E-state index in [2.05, 4.69) is 15.5 Å². The molecule has 0 saturated carbocycles. The van der Waals surface area contributed by atoms with Gasteiger partial charge in [0, 0.05) is 11.3 Å². The number of hydrogen-bond donors (Lipinski definition) is 1. The molecular formula is C21H21N3O4S. The van der Waals surface area contributed by atoms with Crippen LogP contribution in [0.2, 0.25) is 0 Å². The van der Waals surface area contributed by atoms with E-state index < -0.39 is 5.25 Å². The van der Waals surface area contributed by atoms with Crippen LogP contribution in [-0.4, -0.2) is 34.2 Å². The molecule has 7 nitrogen and oxygen atoms in total. The van der Waals surface area contributed by atoms with Crippen LogP contribution in [-0.2, 0) is 11.2 Å². The molecule has 0 spiro atoms. The summed E-state index contributed by atoms with van der Waals surface area (Å²) in [6, 6.07) is 14.4. The van der Waals surface area contributed by atoms with E-state index in [4.69, 9.17) is 9.15 Å². The second kappa shape index (κ2) is 9.38. The van der Waals surface area contributed by atoms with Crippen LogP contribution in [0.15, 0.2) is 58.2 Å². The molecule has 0 bridgehead atoms. The Balaban J connectivity index is 1.55. The molecule has 0 aliphatic carbocycles. The lowest BCUT2D eigenvalue weighted by atomic mass is 10.1. The quantitative estimate of drug-likeness (QED) is 0.442. The molecule has 0 fully saturated rings. The molecule has 0 aliphatic heterocycles. The van der Waals surface area contributed by atoms with Crippen LogP contribution < -0.4 is 10.1 Å². The maximum atomic E-state index is 12.4. The normalized spacial score (nSPS) is 11.7. The molecule has 1 N–H and O–H groups in total. The molecule has 0 aliphatic rings. The standard InChI is InChI=1S/C21H21N3O4S/c1-13(25)16-6-8-17(9-7-16)22-20(26)14(2)29-21-24-23-19(28-21)12-15-4-10-18(27-3)11-5-15/h4-11,14H,12H2,1-3H3,(H,22,26)/t14-/m1/s1. The minimum absolute atomic E-state index is 0.0198. The molecule has 1 heterocycles. The van der Waals surface area contributed by atoms with Gasteiger partial charge < -0.3 is 14.5 Å². The van der Waals surface area contributed by atoms with E-state index in [0.717, 1.165) is 11.3 Å². The molecular weight excluding hydrogens is 390 g/mol. The van der Waals surface area contributed by atoms with Gasteiger partial charge >= 0.3 is 0 Å². The summed E-state index contributed by atoms with van der Waals surface area (Å²) in [5.74, 6) is 1.05. The first-order valence-corrected chi connectivity index (χ1v) is 9.86. The van der Waals surface area contributed by atoms with Crippen molar-refractivity contribution in [3.63, 3.8) is 0 Å². The number of thioether (sulfide) groups is 1. The highest BCUT2D eigenvalue weighted by molar-refractivity contribution is 8.00. The third-order valence-electron chi connectivity index (χ3n) is 4.17. The van der Waals surface area contributed by atoms with Crippen molar-refractivity contribution in [2.24, 2.45) is 0 Å². The fourth-order valence-corrected chi connectivity index (χ4v) is 3.21. The van der Waals surface area contributed by atoms with Gasteiger partial charge in [-0.15, -0.1) is 10.2 Å². The summed E-state index contributed by atoms with van der Waals surface area (Å²) in [6.45, 7) is 3.26. The Morgan fingerprint density at radius 3 is 2.41 bits per heavy atom. The third kappa shape index (κ3) is 5.68. The van der Waals surface area contributed by atoms with Gasteiger partial charge in [0.2, 0.25) is 11.8 Å². The van der Waals surface area contributed by atoms with Crippen LogP contribution in [0.5, 0.6) is 5.75 Å². The summed E-state index contributed by atoms with van der Waals surface area (Å²) in [5.41, 5.74) is 2.24. The van der Waals surface area contributed by atoms with Gasteiger partial charge in [0.05, 0.1) is 18.8 Å². The molecule has 3 rings (SSSR count). The fraction of sp³-hybridized carbons (Fsp3) is 0.238. The van der Waals surface area contributed by atoms with Crippen LogP contribution in [0.25, 0.3) is 0 Å². The summed E-state index contributed by atoms with van der Waals surface area (Å²) in [7, 11) is 1.62. The van der Waals surface area contributed by atoms with E-state index in [-0.39, 0.29) is 11.7 Å². The number of nitrogens with one attached hydrogen (secondary N) is 1. The van der Waals surface area contributed by atoms with E-state index in [1.54, 1.807) is 38.3 Å². The van der Waals surface area contributed by atoms with Gasteiger partial charge in [-0.25, -0.2) is 0 Å². The van der Waals surface area contributed by atoms with Gasteiger partial charge in [-0.3, -0.25) is 9.59 Å². The lowest BCUT2D eigenvalue weighted by molar-refractivity contribution is -0.115. The first-order valence-electron chi connectivity index (χ1n) is 8.98. The molecule has 2 aromatic carbocycles. The Morgan fingerprint density at radius 2 is 1.79 bits per heavy atom. The Hall–Kier alpha value is -3.13. The SMILES string of the molecule is COc1ccc(Cc2nnc(S[C@H](C)C(=O)Nc3ccc(C(C)=O)cc3)o2)cc1. The summed E-state index contributed by atoms with van der Waals surface area (Å²) >= 11 is 1.19. The second-order valence-electron chi connectivity index (χ2n) is 6.37. The van der Waals surface area contributed by atoms with Crippen molar-refractivity contribution in [1.82, 2.24) is 10.2 Å². The molecule has 8 heteroatoms. The highest BCUT2D eigenvalue weighted by Gasteiger charge is 2.18. The van der Waals surface area contributed by atoms with Gasteiger partial charge in [-0.05, 0) is 55.8 Å². The van der Waals surface area contributed by atoms with E-state index in [9.17, 15) is 9.59 Å². The van der Waals surface area contributed by atoms with Gasteiger partial charge in [0.1, 0.15) is 5.75 Å². The van der Waals surface area contributed by atoms with E-state index in [1.807, 2.05) is 24.3 Å². The largest absolute Gasteiger partial charge is 0.497 e. The lowest BCUT2D eigenvalue weighted by Crippen LogP contribution is -2.22. The molecule has 3 aromatic rings. The van der Waals surface area contributed by atoms with Crippen LogP contribution in [0, 0.1) is 0 Å². The number of benzene rings is 2. The van der Waals surface area contributed by atoms with Crippen molar-refractivity contribution < 1.29 is 18.7 Å². The molecule has 1 amide bonds. The minimum Gasteiger partial charge on any atom is -0.497 e. The molecule has 1 atom stereocenters. The number of ether oxygens (including phenoxy) is 1. The number of nitrogens with zero attached hydrogens (tertiary/aromatic N) is 2. The number of Topliss-reactive ketones (excluding diaryl/α,β-unsaturated/α-hetero) is 1. The van der Waals surface area contributed by atoms with Crippen molar-refractivity contribution in [3.8, 4) is 5.75 Å². The number of ketones is 1. The highest BCUT2D eigenvalue weighted by atomic mass is 32.2. The second-order valence-corrected chi connectivity index (χ2v) is 7.66. The Morgan fingerprint density at radius 1 is 1.10 bits per heavy atom. The van der Waals surface area contributed by atoms with Crippen molar-refractivity contribution in [1.29, 1.82) is 0 Å². The molecule has 0 unspecified atom stereocenters. The number of anilines is 1. The smallest absolute Gasteiger partial charge is 0.277 e. The predicted octanol–water partition coefficient (Wildman–Crippen LogP) is 3.99. The molecule has 0 radical (unpaired) electrons. The summed E-state index contributed by atoms with van der Waals surface area (Å²) in [5, 5.41) is 10.8. The zero-order valence-electron chi connectivity index (χ0n) is 16.3. The number of methoxy groups -OCH3 is 1. The molecule has 150 valence electrons. The highest BCUT2D eigenvalue weighted by Crippen LogP contribution is 2.24. The number of carbonyl (C=O) groups is 2. The lowest BCUT2D eigenvalue weighted by Gasteiger charge is -2.10. The van der Waals surface area contributed by atoms with Crippen LogP contribution in [0.1, 0.15) is 35.7 Å². The molecule has 29 heavy (non-hydrogen) atoms. The van der Waals surface area contributed by atoms with Gasteiger partial charge in [-0.2, -0.15) is 0 Å². The van der Waals surface area contributed by atoms with Crippen molar-refractivity contribution >= 4 is 29.1 Å². The number of rotatable bonds is 8. The van der Waals surface area contributed by atoms with Gasteiger partial charge in [-0.1, -0.05) is 23.9 Å². The number of amides is 1. The van der Waals surface area contributed by atoms with Crippen molar-refractivity contribution in [3.05, 3.63) is 65.5 Å². The third-order valence-corrected chi connectivity index (χ3v) is 5.10. The average Bonchev–Trinajstić information content (AvgIpc) is 3.15. The molecule has 0 saturated heterocycles. The van der Waals surface area contributed by atoms with E-state index >= 15 is 0 Å². The van der Waals surface area contributed by atoms with Crippen LogP contribution >= 0.6 is 11.8 Å². The number of hydrogen-bond acceptors (Lipinski definition) is 7. The predicted molar refractivity (Wildman–Crippen MR) is 110 cm³/mol. The number of aromatic nitrogens is 2. The number of carbonyl (C=O) groups excluding carboxylic acids is 2. The van der Waals surface area contributed by atoms with Gasteiger partial charge in [0.25, 0.3) is 5.22 Å². The first-order chi connectivity index (χ1) is 13.9. The Bertz CT molecular complexity index is 984. The summed E-state index contributed by atoms with van der Waals surface area (Å²) in [6.07, 6.45) is 0.501. The monoisotopic (exact) mass is 411 g/mol. The first kappa shape index (κ1) is 20.6. The van der Waals surface area contributed by atoms with Crippen molar-refractivity contribution in [2.45, 2.75) is 30.7 Å². The Labute approximate surface area is 172 Å². The topological polar surface area (TPSA) is 94.3 Å². The van der Waals surface area contributed by atoms with Gasteiger partial charge in [0.15, 0.2) is 5.78 Å². The average molecular weight is 411 g/mol. The maximum Gasteiger partial charge on any atom is 0.277 e. The van der Waals surface area contributed by atoms with E-state index in [0.29, 0.717) is 28.8 Å². The van der Waals surface area contributed by atoms with E-state index in [1.165, 1.54) is 18.7 Å². The zero-order valence-corrected chi connectivity index (χ0v) is 17.2. The molecule has 1 aromatic heterocycles. The van der Waals surface area contributed by atoms with Crippen molar-refractivity contribution in [2.75, 3.05) is 12.4 Å². The maximum absolute atomic E-state index is 12.4. The Kier molecular flexibility index (Phi) is 6.66. The summed E-state index contributed by atoms with van der Waals surface area (Å²) < 4.78 is 10.8. The van der Waals surface area contributed by atoms with Crippen LogP contribution in [0.4, 0.5) is 5.69 Å². The summed E-state index contributed by atoms with van der Waals surface area (Å²) in [4.78, 5) is 23.7.